The SMILES string of the molecule is COc1ccc(S(=O)(=O)N2CSC[C@@H]2C(=O)N2CCOCC2)cc1. The van der Waals surface area contributed by atoms with Crippen molar-refractivity contribution in [1.29, 1.82) is 0 Å². The molecular weight excluding hydrogens is 352 g/mol. The van der Waals surface area contributed by atoms with Gasteiger partial charge in [0.2, 0.25) is 15.9 Å². The Hall–Kier alpha value is -1.29. The molecule has 3 rings (SSSR count). The van der Waals surface area contributed by atoms with Gasteiger partial charge in [0.25, 0.3) is 0 Å². The largest absolute Gasteiger partial charge is 0.497 e. The monoisotopic (exact) mass is 372 g/mol. The summed E-state index contributed by atoms with van der Waals surface area (Å²) in [5.41, 5.74) is 0. The summed E-state index contributed by atoms with van der Waals surface area (Å²) < 4.78 is 37.4. The molecule has 132 valence electrons. The molecule has 0 saturated carbocycles. The van der Waals surface area contributed by atoms with Crippen LogP contribution in [-0.2, 0) is 19.6 Å². The number of methoxy groups -OCH3 is 1. The normalized spacial score (nSPS) is 22.5. The third-order valence-corrected chi connectivity index (χ3v) is 7.16. The zero-order valence-corrected chi connectivity index (χ0v) is 15.0. The molecule has 0 bridgehead atoms. The lowest BCUT2D eigenvalue weighted by Gasteiger charge is -2.31. The Labute approximate surface area is 145 Å². The Kier molecular flexibility index (Phi) is 5.33. The van der Waals surface area contributed by atoms with Gasteiger partial charge < -0.3 is 14.4 Å². The van der Waals surface area contributed by atoms with Gasteiger partial charge >= 0.3 is 0 Å². The highest BCUT2D eigenvalue weighted by atomic mass is 32.2. The van der Waals surface area contributed by atoms with Crippen molar-refractivity contribution in [2.45, 2.75) is 10.9 Å². The number of benzene rings is 1. The number of hydrogen-bond donors (Lipinski definition) is 0. The van der Waals surface area contributed by atoms with Crippen LogP contribution < -0.4 is 4.74 Å². The van der Waals surface area contributed by atoms with Crippen molar-refractivity contribution in [2.75, 3.05) is 45.0 Å². The lowest BCUT2D eigenvalue weighted by atomic mass is 10.2. The highest BCUT2D eigenvalue weighted by molar-refractivity contribution is 8.00. The summed E-state index contributed by atoms with van der Waals surface area (Å²) in [6, 6.07) is 5.57. The zero-order valence-electron chi connectivity index (χ0n) is 13.4. The minimum absolute atomic E-state index is 0.139. The summed E-state index contributed by atoms with van der Waals surface area (Å²) >= 11 is 1.46. The van der Waals surface area contributed by atoms with E-state index < -0.39 is 16.1 Å². The molecule has 0 radical (unpaired) electrons. The molecule has 1 amide bonds. The van der Waals surface area contributed by atoms with Gasteiger partial charge in [-0.1, -0.05) is 0 Å². The van der Waals surface area contributed by atoms with Gasteiger partial charge in [0.15, 0.2) is 0 Å². The molecular formula is C15H20N2O5S2. The van der Waals surface area contributed by atoms with Crippen molar-refractivity contribution >= 4 is 27.7 Å². The molecule has 0 aliphatic carbocycles. The van der Waals surface area contributed by atoms with Gasteiger partial charge in [-0.15, -0.1) is 11.8 Å². The standard InChI is InChI=1S/C15H20N2O5S2/c1-21-12-2-4-13(5-3-12)24(19,20)17-11-23-10-14(17)15(18)16-6-8-22-9-7-16/h2-5,14H,6-11H2,1H3/t14-/m1/s1. The first kappa shape index (κ1) is 17.5. The minimum atomic E-state index is -3.72. The molecule has 1 aromatic carbocycles. The van der Waals surface area contributed by atoms with Gasteiger partial charge in [-0.3, -0.25) is 4.79 Å². The van der Waals surface area contributed by atoms with Crippen molar-refractivity contribution in [1.82, 2.24) is 9.21 Å². The number of carbonyl (C=O) groups is 1. The van der Waals surface area contributed by atoms with Gasteiger partial charge in [-0.2, -0.15) is 4.31 Å². The molecule has 1 aromatic rings. The first-order valence-corrected chi connectivity index (χ1v) is 10.2. The predicted octanol–water partition coefficient (Wildman–Crippen LogP) is 0.618. The van der Waals surface area contributed by atoms with E-state index in [1.54, 1.807) is 17.0 Å². The van der Waals surface area contributed by atoms with Crippen LogP contribution in [-0.4, -0.2) is 74.6 Å². The van der Waals surface area contributed by atoms with Crippen LogP contribution in [0.3, 0.4) is 0 Å². The number of thioether (sulfide) groups is 1. The molecule has 9 heteroatoms. The average molecular weight is 372 g/mol. The van der Waals surface area contributed by atoms with E-state index in [-0.39, 0.29) is 16.7 Å². The van der Waals surface area contributed by atoms with E-state index in [2.05, 4.69) is 0 Å². The number of carbonyl (C=O) groups excluding carboxylic acids is 1. The first-order chi connectivity index (χ1) is 11.5. The Bertz CT molecular complexity index is 686. The van der Waals surface area contributed by atoms with Crippen molar-refractivity contribution in [3.63, 3.8) is 0 Å². The van der Waals surface area contributed by atoms with Crippen LogP contribution in [0.4, 0.5) is 0 Å². The van der Waals surface area contributed by atoms with Crippen LogP contribution in [0.5, 0.6) is 5.75 Å². The molecule has 24 heavy (non-hydrogen) atoms. The van der Waals surface area contributed by atoms with E-state index in [1.807, 2.05) is 0 Å². The molecule has 7 nitrogen and oxygen atoms in total. The van der Waals surface area contributed by atoms with Crippen molar-refractivity contribution in [2.24, 2.45) is 0 Å². The van der Waals surface area contributed by atoms with Crippen LogP contribution in [0.1, 0.15) is 0 Å². The number of morpholine rings is 1. The molecule has 2 saturated heterocycles. The second kappa shape index (κ2) is 7.30. The quantitative estimate of drug-likeness (QED) is 0.771. The topological polar surface area (TPSA) is 76.2 Å². The summed E-state index contributed by atoms with van der Waals surface area (Å²) in [4.78, 5) is 14.6. The van der Waals surface area contributed by atoms with Gasteiger partial charge in [-0.05, 0) is 24.3 Å². The Balaban J connectivity index is 1.81. The van der Waals surface area contributed by atoms with E-state index in [9.17, 15) is 13.2 Å². The lowest BCUT2D eigenvalue weighted by molar-refractivity contribution is -0.138. The minimum Gasteiger partial charge on any atom is -0.497 e. The van der Waals surface area contributed by atoms with E-state index in [0.717, 1.165) is 0 Å². The maximum Gasteiger partial charge on any atom is 0.244 e. The second-order valence-corrected chi connectivity index (χ2v) is 8.41. The maximum absolute atomic E-state index is 12.9. The number of hydrogen-bond acceptors (Lipinski definition) is 6. The molecule has 2 aliphatic heterocycles. The Morgan fingerprint density at radius 2 is 1.92 bits per heavy atom. The highest BCUT2D eigenvalue weighted by Gasteiger charge is 2.41. The number of nitrogens with zero attached hydrogens (tertiary/aromatic N) is 2. The third kappa shape index (κ3) is 3.39. The summed E-state index contributed by atoms with van der Waals surface area (Å²) in [5.74, 6) is 1.21. The first-order valence-electron chi connectivity index (χ1n) is 7.64. The molecule has 2 fully saturated rings. The third-order valence-electron chi connectivity index (χ3n) is 4.12. The molecule has 0 spiro atoms. The van der Waals surface area contributed by atoms with Crippen LogP contribution in [0, 0.1) is 0 Å². The van der Waals surface area contributed by atoms with Crippen LogP contribution >= 0.6 is 11.8 Å². The van der Waals surface area contributed by atoms with E-state index in [4.69, 9.17) is 9.47 Å². The van der Waals surface area contributed by atoms with Crippen molar-refractivity contribution in [3.8, 4) is 5.75 Å². The second-order valence-electron chi connectivity index (χ2n) is 5.52. The van der Waals surface area contributed by atoms with Crippen LogP contribution in [0.25, 0.3) is 0 Å². The Morgan fingerprint density at radius 1 is 1.25 bits per heavy atom. The van der Waals surface area contributed by atoms with E-state index in [0.29, 0.717) is 37.8 Å². The summed E-state index contributed by atoms with van der Waals surface area (Å²) in [7, 11) is -2.19. The molecule has 2 aliphatic rings. The maximum atomic E-state index is 12.9. The fourth-order valence-electron chi connectivity index (χ4n) is 2.74. The molecule has 0 unspecified atom stereocenters. The molecule has 0 N–H and O–H groups in total. The fourth-order valence-corrected chi connectivity index (χ4v) is 5.87. The summed E-state index contributed by atoms with van der Waals surface area (Å²) in [6.07, 6.45) is 0. The van der Waals surface area contributed by atoms with Crippen LogP contribution in [0.15, 0.2) is 29.2 Å². The van der Waals surface area contributed by atoms with Crippen molar-refractivity contribution < 1.29 is 22.7 Å². The zero-order chi connectivity index (χ0) is 17.2. The van der Waals surface area contributed by atoms with Crippen molar-refractivity contribution in [3.05, 3.63) is 24.3 Å². The highest BCUT2D eigenvalue weighted by Crippen LogP contribution is 2.30. The number of rotatable bonds is 4. The molecule has 0 aromatic heterocycles. The average Bonchev–Trinajstić information content (AvgIpc) is 3.12. The summed E-state index contributed by atoms with van der Waals surface area (Å²) in [5, 5.41) is 0. The molecule has 2 heterocycles. The van der Waals surface area contributed by atoms with E-state index in [1.165, 1.54) is 35.3 Å². The lowest BCUT2D eigenvalue weighted by Crippen LogP contribution is -2.51. The predicted molar refractivity (Wildman–Crippen MR) is 90.5 cm³/mol. The van der Waals surface area contributed by atoms with Gasteiger partial charge in [0, 0.05) is 18.8 Å². The summed E-state index contributed by atoms with van der Waals surface area (Å²) in [6.45, 7) is 2.01. The fraction of sp³-hybridized carbons (Fsp3) is 0.533. The van der Waals surface area contributed by atoms with Gasteiger partial charge in [0.1, 0.15) is 11.8 Å². The smallest absolute Gasteiger partial charge is 0.244 e. The van der Waals surface area contributed by atoms with Gasteiger partial charge in [0.05, 0.1) is 31.1 Å². The van der Waals surface area contributed by atoms with Crippen LogP contribution in [0.2, 0.25) is 0 Å². The Morgan fingerprint density at radius 3 is 2.54 bits per heavy atom. The number of amides is 1. The molecule has 1 atom stereocenters. The number of sulfonamides is 1. The number of ether oxygens (including phenoxy) is 2. The van der Waals surface area contributed by atoms with Gasteiger partial charge in [-0.25, -0.2) is 8.42 Å². The van der Waals surface area contributed by atoms with E-state index >= 15 is 0 Å².